The third-order valence-electron chi connectivity index (χ3n) is 7.29. The number of hydrogen-bond donors (Lipinski definition) is 5. The molecular formula is C31H40N6O10. The minimum atomic E-state index is -1.52. The van der Waals surface area contributed by atoms with Crippen molar-refractivity contribution in [1.82, 2.24) is 10.6 Å². The van der Waals surface area contributed by atoms with Crippen molar-refractivity contribution in [2.75, 3.05) is 6.61 Å². The molecule has 0 aromatic heterocycles. The summed E-state index contributed by atoms with van der Waals surface area (Å²) in [6.07, 6.45) is -6.92. The first-order valence-corrected chi connectivity index (χ1v) is 14.9. The van der Waals surface area contributed by atoms with E-state index < -0.39 is 79.1 Å². The van der Waals surface area contributed by atoms with Gasteiger partial charge >= 0.3 is 5.97 Å². The van der Waals surface area contributed by atoms with Gasteiger partial charge in [0.15, 0.2) is 6.29 Å². The molecular weight excluding hydrogens is 616 g/mol. The Morgan fingerprint density at radius 3 is 2.19 bits per heavy atom. The number of carbonyl (C=O) groups is 4. The van der Waals surface area contributed by atoms with Crippen LogP contribution in [0.4, 0.5) is 0 Å². The summed E-state index contributed by atoms with van der Waals surface area (Å²) in [5.41, 5.74) is 16.2. The minimum Gasteiger partial charge on any atom is -0.461 e. The lowest BCUT2D eigenvalue weighted by atomic mass is 9.97. The highest BCUT2D eigenvalue weighted by Gasteiger charge is 2.47. The Morgan fingerprint density at radius 1 is 1.00 bits per heavy atom. The van der Waals surface area contributed by atoms with Crippen molar-refractivity contribution in [3.05, 3.63) is 82.2 Å². The quantitative estimate of drug-likeness (QED) is 0.0691. The lowest BCUT2D eigenvalue weighted by Crippen LogP contribution is -2.61. The van der Waals surface area contributed by atoms with Gasteiger partial charge in [0.05, 0.1) is 13.2 Å². The molecule has 16 nitrogen and oxygen atoms in total. The van der Waals surface area contributed by atoms with Crippen LogP contribution in [0.2, 0.25) is 0 Å². The Bertz CT molecular complexity index is 1380. The van der Waals surface area contributed by atoms with Crippen molar-refractivity contribution in [2.24, 2.45) is 10.8 Å². The Balaban J connectivity index is 1.56. The van der Waals surface area contributed by atoms with Gasteiger partial charge in [0.1, 0.15) is 49.1 Å². The molecule has 1 saturated heterocycles. The maximum atomic E-state index is 13.0. The van der Waals surface area contributed by atoms with Crippen molar-refractivity contribution < 1.29 is 48.3 Å². The second-order valence-corrected chi connectivity index (χ2v) is 10.8. The van der Waals surface area contributed by atoms with E-state index in [4.69, 9.17) is 24.7 Å². The van der Waals surface area contributed by atoms with Crippen molar-refractivity contribution in [3.8, 4) is 0 Å². The van der Waals surface area contributed by atoms with E-state index in [1.165, 1.54) is 13.8 Å². The summed E-state index contributed by atoms with van der Waals surface area (Å²) in [5.74, 6) is -3.02. The van der Waals surface area contributed by atoms with E-state index in [9.17, 15) is 34.9 Å². The fourth-order valence-electron chi connectivity index (χ4n) is 4.63. The number of aliphatic hydroxyl groups excluding tert-OH is 2. The molecule has 47 heavy (non-hydrogen) atoms. The van der Waals surface area contributed by atoms with Crippen LogP contribution < -0.4 is 16.4 Å². The summed E-state index contributed by atoms with van der Waals surface area (Å²) in [7, 11) is 0. The van der Waals surface area contributed by atoms with Crippen LogP contribution in [-0.2, 0) is 51.3 Å². The molecule has 8 atom stereocenters. The minimum absolute atomic E-state index is 0.0487. The summed E-state index contributed by atoms with van der Waals surface area (Å²) >= 11 is 0. The fourth-order valence-corrected chi connectivity index (χ4v) is 4.63. The zero-order valence-corrected chi connectivity index (χ0v) is 26.0. The predicted octanol–water partition coefficient (Wildman–Crippen LogP) is 0.732. The van der Waals surface area contributed by atoms with Gasteiger partial charge in [-0.2, -0.15) is 0 Å². The van der Waals surface area contributed by atoms with Gasteiger partial charge in [-0.3, -0.25) is 19.2 Å². The fraction of sp³-hybridized carbons (Fsp3) is 0.484. The summed E-state index contributed by atoms with van der Waals surface area (Å²) in [6.45, 7) is 2.17. The van der Waals surface area contributed by atoms with Crippen molar-refractivity contribution in [2.45, 2.75) is 88.7 Å². The van der Waals surface area contributed by atoms with Crippen LogP contribution in [0.15, 0.2) is 65.8 Å². The molecule has 0 saturated carbocycles. The lowest BCUT2D eigenvalue weighted by Gasteiger charge is -2.43. The number of benzene rings is 2. The molecule has 3 amide bonds. The lowest BCUT2D eigenvalue weighted by molar-refractivity contribution is -0.279. The molecule has 1 fully saturated rings. The van der Waals surface area contributed by atoms with Crippen LogP contribution in [0.3, 0.4) is 0 Å². The number of nitrogens with one attached hydrogen (secondary N) is 2. The van der Waals surface area contributed by atoms with Gasteiger partial charge in [0.2, 0.25) is 17.7 Å². The SMILES string of the molecule is C[C@H](NC(=O)[C@@H](C)O[C@H]1[C@H](O)[C@@H](CO)O[C@@H](OCc2ccccc2)[C@@H]1N=[N+]=[N-])C(=O)N[C@H](CCC(=O)OCc1ccccc1)C(N)=O. The average molecular weight is 657 g/mol. The van der Waals surface area contributed by atoms with E-state index in [1.807, 2.05) is 12.1 Å². The van der Waals surface area contributed by atoms with Crippen molar-refractivity contribution in [3.63, 3.8) is 0 Å². The smallest absolute Gasteiger partial charge is 0.306 e. The van der Waals surface area contributed by atoms with E-state index in [2.05, 4.69) is 20.7 Å². The first kappa shape index (κ1) is 36.9. The number of amides is 3. The van der Waals surface area contributed by atoms with E-state index in [1.54, 1.807) is 48.5 Å². The Kier molecular flexibility index (Phi) is 14.6. The third kappa shape index (κ3) is 11.3. The zero-order valence-electron chi connectivity index (χ0n) is 26.0. The zero-order chi connectivity index (χ0) is 34.3. The molecule has 254 valence electrons. The molecule has 0 radical (unpaired) electrons. The number of esters is 1. The highest BCUT2D eigenvalue weighted by atomic mass is 16.7. The van der Waals surface area contributed by atoms with Crippen molar-refractivity contribution >= 4 is 23.7 Å². The average Bonchev–Trinajstić information content (AvgIpc) is 3.07. The summed E-state index contributed by atoms with van der Waals surface area (Å²) in [5, 5.41) is 29.2. The van der Waals surface area contributed by atoms with Gasteiger partial charge in [-0.05, 0) is 36.9 Å². The van der Waals surface area contributed by atoms with E-state index in [0.717, 1.165) is 11.1 Å². The summed E-state index contributed by atoms with van der Waals surface area (Å²) < 4.78 is 22.4. The third-order valence-corrected chi connectivity index (χ3v) is 7.29. The first-order valence-electron chi connectivity index (χ1n) is 14.9. The number of aliphatic hydroxyl groups is 2. The molecule has 6 N–H and O–H groups in total. The molecule has 0 aliphatic carbocycles. The number of azide groups is 1. The van der Waals surface area contributed by atoms with Crippen molar-refractivity contribution in [1.29, 1.82) is 0 Å². The molecule has 1 heterocycles. The number of nitrogens with zero attached hydrogens (tertiary/aromatic N) is 3. The van der Waals surface area contributed by atoms with Gasteiger partial charge in [-0.25, -0.2) is 0 Å². The van der Waals surface area contributed by atoms with E-state index in [-0.39, 0.29) is 26.1 Å². The molecule has 2 aromatic carbocycles. The van der Waals surface area contributed by atoms with Crippen LogP contribution in [0, 0.1) is 0 Å². The topological polar surface area (TPSA) is 244 Å². The Hall–Kier alpha value is -4.57. The Labute approximate surface area is 271 Å². The molecule has 1 aliphatic rings. The standard InChI is InChI=1S/C31H40N6O10/c1-18(29(42)35-22(28(32)41)13-14-24(39)44-16-20-9-5-3-6-10-20)34-30(43)19(2)46-27-25(36-37-33)31(47-23(15-38)26(27)40)45-17-21-11-7-4-8-12-21/h3-12,18-19,22-23,25-27,31,38,40H,13-17H2,1-2H3,(H2,32,41)(H,34,43)(H,35,42)/t18-,19+,22+,23+,25+,26+,27+,31+/m0/s1. The Morgan fingerprint density at radius 2 is 1.62 bits per heavy atom. The second kappa shape index (κ2) is 18.5. The maximum absolute atomic E-state index is 13.0. The molecule has 0 bridgehead atoms. The van der Waals surface area contributed by atoms with Gasteiger partial charge in [-0.1, -0.05) is 65.8 Å². The van der Waals surface area contributed by atoms with Crippen LogP contribution >= 0.6 is 0 Å². The number of nitrogens with two attached hydrogens (primary N) is 1. The molecule has 0 unspecified atom stereocenters. The first-order chi connectivity index (χ1) is 22.5. The van der Waals surface area contributed by atoms with Crippen LogP contribution in [0.1, 0.15) is 37.8 Å². The molecule has 16 heteroatoms. The number of carbonyl (C=O) groups excluding carboxylic acids is 4. The van der Waals surface area contributed by atoms with E-state index in [0.29, 0.717) is 0 Å². The number of rotatable bonds is 17. The van der Waals surface area contributed by atoms with E-state index >= 15 is 0 Å². The van der Waals surface area contributed by atoms with Gasteiger partial charge in [0.25, 0.3) is 0 Å². The summed E-state index contributed by atoms with van der Waals surface area (Å²) in [6, 6.07) is 14.4. The number of hydrogen-bond acceptors (Lipinski definition) is 11. The predicted molar refractivity (Wildman–Crippen MR) is 164 cm³/mol. The van der Waals surface area contributed by atoms with Crippen LogP contribution in [0.25, 0.3) is 10.4 Å². The molecule has 2 aromatic rings. The van der Waals surface area contributed by atoms with Crippen LogP contribution in [0.5, 0.6) is 0 Å². The number of primary amides is 1. The highest BCUT2D eigenvalue weighted by Crippen LogP contribution is 2.28. The normalized spacial score (nSPS) is 22.5. The molecule has 3 rings (SSSR count). The highest BCUT2D eigenvalue weighted by molar-refractivity contribution is 5.92. The van der Waals surface area contributed by atoms with Gasteiger partial charge < -0.3 is 45.5 Å². The monoisotopic (exact) mass is 656 g/mol. The molecule has 1 aliphatic heterocycles. The van der Waals surface area contributed by atoms with Gasteiger partial charge in [-0.15, -0.1) is 0 Å². The maximum Gasteiger partial charge on any atom is 0.306 e. The second-order valence-electron chi connectivity index (χ2n) is 10.8. The number of ether oxygens (including phenoxy) is 4. The van der Waals surface area contributed by atoms with Crippen LogP contribution in [-0.4, -0.2) is 89.3 Å². The van der Waals surface area contributed by atoms with Gasteiger partial charge in [0, 0.05) is 11.3 Å². The largest absolute Gasteiger partial charge is 0.461 e. The summed E-state index contributed by atoms with van der Waals surface area (Å²) in [4.78, 5) is 52.8. The molecule has 0 spiro atoms.